The quantitative estimate of drug-likeness (QED) is 0.745. The van der Waals surface area contributed by atoms with Crippen molar-refractivity contribution in [3.8, 4) is 5.75 Å². The molecule has 0 unspecified atom stereocenters. The second-order valence-electron chi connectivity index (χ2n) is 7.60. The zero-order valence-electron chi connectivity index (χ0n) is 16.0. The van der Waals surface area contributed by atoms with Gasteiger partial charge in [-0.15, -0.1) is 0 Å². The van der Waals surface area contributed by atoms with Crippen LogP contribution in [0.4, 0.5) is 0 Å². The van der Waals surface area contributed by atoms with Gasteiger partial charge >= 0.3 is 5.69 Å². The molecule has 0 aliphatic carbocycles. The lowest BCUT2D eigenvalue weighted by molar-refractivity contribution is 0.174. The van der Waals surface area contributed by atoms with Gasteiger partial charge in [-0.3, -0.25) is 9.47 Å². The Morgan fingerprint density at radius 3 is 2.56 bits per heavy atom. The first kappa shape index (κ1) is 17.9. The average Bonchev–Trinajstić information content (AvgIpc) is 2.99. The first-order valence-corrected chi connectivity index (χ1v) is 9.78. The number of imidazole rings is 1. The van der Waals surface area contributed by atoms with Crippen molar-refractivity contribution in [3.05, 3.63) is 64.6 Å². The third-order valence-electron chi connectivity index (χ3n) is 5.28. The molecule has 2 heterocycles. The molecule has 1 saturated heterocycles. The summed E-state index contributed by atoms with van der Waals surface area (Å²) in [5.41, 5.74) is 3.17. The van der Waals surface area contributed by atoms with E-state index in [0.717, 1.165) is 49.3 Å². The van der Waals surface area contributed by atoms with Gasteiger partial charge in [0.1, 0.15) is 5.75 Å². The first-order chi connectivity index (χ1) is 13.1. The number of hydrogen-bond donors (Lipinski definition) is 1. The molecule has 0 spiro atoms. The van der Waals surface area contributed by atoms with E-state index in [1.807, 2.05) is 41.0 Å². The molecule has 1 aromatic heterocycles. The van der Waals surface area contributed by atoms with Crippen molar-refractivity contribution in [1.29, 1.82) is 0 Å². The highest BCUT2D eigenvalue weighted by Crippen LogP contribution is 2.27. The van der Waals surface area contributed by atoms with Crippen LogP contribution >= 0.6 is 0 Å². The van der Waals surface area contributed by atoms with Crippen LogP contribution in [0.15, 0.2) is 53.3 Å². The number of aromatic amines is 1. The molecule has 1 aliphatic rings. The molecule has 0 bridgehead atoms. The number of para-hydroxylation sites is 3. The van der Waals surface area contributed by atoms with Crippen molar-refractivity contribution >= 4 is 11.0 Å². The van der Waals surface area contributed by atoms with Gasteiger partial charge in [-0.05, 0) is 44.9 Å². The van der Waals surface area contributed by atoms with Crippen LogP contribution in [0.2, 0.25) is 0 Å². The Morgan fingerprint density at radius 2 is 1.78 bits per heavy atom. The zero-order valence-corrected chi connectivity index (χ0v) is 16.0. The normalized spacial score (nSPS) is 16.3. The molecule has 5 heteroatoms. The maximum Gasteiger partial charge on any atom is 0.326 e. The highest BCUT2D eigenvalue weighted by Gasteiger charge is 2.24. The first-order valence-electron chi connectivity index (χ1n) is 9.78. The van der Waals surface area contributed by atoms with Crippen LogP contribution in [0.3, 0.4) is 0 Å². The number of ether oxygens (including phenoxy) is 1. The van der Waals surface area contributed by atoms with E-state index in [9.17, 15) is 4.79 Å². The fourth-order valence-electron chi connectivity index (χ4n) is 4.02. The highest BCUT2D eigenvalue weighted by molar-refractivity contribution is 5.75. The molecule has 0 radical (unpaired) electrons. The molecule has 142 valence electrons. The minimum atomic E-state index is 0.00493. The number of H-pyrrole nitrogens is 1. The van der Waals surface area contributed by atoms with E-state index in [1.54, 1.807) is 0 Å². The Kier molecular flexibility index (Phi) is 5.03. The van der Waals surface area contributed by atoms with E-state index in [0.29, 0.717) is 0 Å². The van der Waals surface area contributed by atoms with Crippen LogP contribution < -0.4 is 10.4 Å². The number of likely N-dealkylation sites (tertiary alicyclic amines) is 1. The largest absolute Gasteiger partial charge is 0.491 e. The molecule has 2 aromatic carbocycles. The predicted octanol–water partition coefficient (Wildman–Crippen LogP) is 3.95. The van der Waals surface area contributed by atoms with E-state index in [4.69, 9.17) is 4.74 Å². The van der Waals surface area contributed by atoms with Gasteiger partial charge in [0, 0.05) is 31.2 Å². The van der Waals surface area contributed by atoms with Crippen LogP contribution in [-0.4, -0.2) is 33.6 Å². The van der Waals surface area contributed by atoms with Gasteiger partial charge in [0.15, 0.2) is 0 Å². The molecule has 0 amide bonds. The second-order valence-corrected chi connectivity index (χ2v) is 7.60. The van der Waals surface area contributed by atoms with E-state index in [-0.39, 0.29) is 17.8 Å². The molecule has 4 rings (SSSR count). The monoisotopic (exact) mass is 365 g/mol. The van der Waals surface area contributed by atoms with E-state index >= 15 is 0 Å². The van der Waals surface area contributed by atoms with Crippen molar-refractivity contribution in [3.63, 3.8) is 0 Å². The Labute approximate surface area is 159 Å². The number of nitrogens with zero attached hydrogens (tertiary/aromatic N) is 2. The maximum atomic E-state index is 12.4. The molecule has 5 nitrogen and oxygen atoms in total. The van der Waals surface area contributed by atoms with Crippen LogP contribution in [0.1, 0.15) is 38.3 Å². The number of benzene rings is 2. The maximum absolute atomic E-state index is 12.4. The third-order valence-corrected chi connectivity index (χ3v) is 5.28. The van der Waals surface area contributed by atoms with E-state index < -0.39 is 0 Å². The molecule has 3 aromatic rings. The van der Waals surface area contributed by atoms with Gasteiger partial charge in [0.25, 0.3) is 0 Å². The van der Waals surface area contributed by atoms with Gasteiger partial charge in [-0.25, -0.2) is 4.79 Å². The van der Waals surface area contributed by atoms with E-state index in [2.05, 4.69) is 35.9 Å². The molecule has 0 atom stereocenters. The highest BCUT2D eigenvalue weighted by atomic mass is 16.5. The van der Waals surface area contributed by atoms with Crippen molar-refractivity contribution in [2.45, 2.75) is 45.4 Å². The van der Waals surface area contributed by atoms with Crippen molar-refractivity contribution in [2.24, 2.45) is 0 Å². The minimum absolute atomic E-state index is 0.00493. The van der Waals surface area contributed by atoms with Crippen LogP contribution in [0.5, 0.6) is 5.75 Å². The lowest BCUT2D eigenvalue weighted by atomic mass is 10.0. The van der Waals surface area contributed by atoms with Crippen molar-refractivity contribution in [1.82, 2.24) is 14.5 Å². The fourth-order valence-corrected chi connectivity index (χ4v) is 4.02. The summed E-state index contributed by atoms with van der Waals surface area (Å²) >= 11 is 0. The Bertz CT molecular complexity index is 965. The number of nitrogens with one attached hydrogen (secondary N) is 1. The smallest absolute Gasteiger partial charge is 0.326 e. The molecule has 0 saturated carbocycles. The number of aromatic nitrogens is 2. The van der Waals surface area contributed by atoms with E-state index in [1.165, 1.54) is 5.56 Å². The second kappa shape index (κ2) is 7.61. The number of hydrogen-bond acceptors (Lipinski definition) is 3. The average molecular weight is 365 g/mol. The zero-order chi connectivity index (χ0) is 18.8. The van der Waals surface area contributed by atoms with Crippen LogP contribution in [-0.2, 0) is 6.54 Å². The van der Waals surface area contributed by atoms with Gasteiger partial charge in [0.2, 0.25) is 0 Å². The third kappa shape index (κ3) is 3.78. The fraction of sp³-hybridized carbons (Fsp3) is 0.409. The summed E-state index contributed by atoms with van der Waals surface area (Å²) in [4.78, 5) is 17.9. The van der Waals surface area contributed by atoms with Gasteiger partial charge < -0.3 is 9.72 Å². The van der Waals surface area contributed by atoms with Gasteiger partial charge in [-0.2, -0.15) is 0 Å². The molecular formula is C22H27N3O2. The molecular weight excluding hydrogens is 338 g/mol. The lowest BCUT2D eigenvalue weighted by Gasteiger charge is -2.33. The number of piperidine rings is 1. The SMILES string of the molecule is CC(C)Oc1ccccc1CN1CCC(n2c(=O)[nH]c3ccccc32)CC1. The number of fused-ring (bicyclic) bond motifs is 1. The Morgan fingerprint density at radius 1 is 1.07 bits per heavy atom. The lowest BCUT2D eigenvalue weighted by Crippen LogP contribution is -2.36. The molecule has 27 heavy (non-hydrogen) atoms. The standard InChI is InChI=1S/C22H27N3O2/c1-16(2)27-21-10-6-3-7-17(21)15-24-13-11-18(12-14-24)25-20-9-5-4-8-19(20)23-22(25)26/h3-10,16,18H,11-15H2,1-2H3,(H,23,26). The summed E-state index contributed by atoms with van der Waals surface area (Å²) < 4.78 is 7.90. The van der Waals surface area contributed by atoms with Crippen LogP contribution in [0.25, 0.3) is 11.0 Å². The summed E-state index contributed by atoms with van der Waals surface area (Å²) in [6.45, 7) is 6.96. The van der Waals surface area contributed by atoms with Crippen molar-refractivity contribution in [2.75, 3.05) is 13.1 Å². The molecule has 1 N–H and O–H groups in total. The van der Waals surface area contributed by atoms with Crippen molar-refractivity contribution < 1.29 is 4.74 Å². The summed E-state index contributed by atoms with van der Waals surface area (Å²) in [7, 11) is 0. The molecule has 1 fully saturated rings. The molecule has 1 aliphatic heterocycles. The van der Waals surface area contributed by atoms with Crippen LogP contribution in [0, 0.1) is 0 Å². The summed E-state index contributed by atoms with van der Waals surface area (Å²) in [5.74, 6) is 0.975. The topological polar surface area (TPSA) is 50.3 Å². The predicted molar refractivity (Wildman–Crippen MR) is 108 cm³/mol. The summed E-state index contributed by atoms with van der Waals surface area (Å²) in [6, 6.07) is 16.5. The Balaban J connectivity index is 1.45. The van der Waals surface area contributed by atoms with Gasteiger partial charge in [-0.1, -0.05) is 30.3 Å². The van der Waals surface area contributed by atoms with Gasteiger partial charge in [0.05, 0.1) is 17.1 Å². The summed E-state index contributed by atoms with van der Waals surface area (Å²) in [5, 5.41) is 0. The number of rotatable bonds is 5. The Hall–Kier alpha value is -2.53. The minimum Gasteiger partial charge on any atom is -0.491 e. The summed E-state index contributed by atoms with van der Waals surface area (Å²) in [6.07, 6.45) is 2.13.